The highest BCUT2D eigenvalue weighted by Gasteiger charge is 2.31. The SMILES string of the molecule is CNC(=O)N1CCN(c2ccc(OC)c(OC3CCC3)c2)CC1Cc1ccccc1. The van der Waals surface area contributed by atoms with Gasteiger partial charge in [-0.1, -0.05) is 30.3 Å². The van der Waals surface area contributed by atoms with Crippen LogP contribution in [0.2, 0.25) is 0 Å². The molecule has 2 fully saturated rings. The molecule has 6 heteroatoms. The van der Waals surface area contributed by atoms with E-state index in [1.54, 1.807) is 14.2 Å². The Bertz CT molecular complexity index is 854. The maximum Gasteiger partial charge on any atom is 0.317 e. The van der Waals surface area contributed by atoms with Crippen LogP contribution < -0.4 is 19.7 Å². The lowest BCUT2D eigenvalue weighted by molar-refractivity contribution is 0.116. The van der Waals surface area contributed by atoms with Gasteiger partial charge in [0.2, 0.25) is 0 Å². The van der Waals surface area contributed by atoms with E-state index in [1.165, 1.54) is 12.0 Å². The lowest BCUT2D eigenvalue weighted by Crippen LogP contribution is -2.58. The quantitative estimate of drug-likeness (QED) is 0.791. The van der Waals surface area contributed by atoms with E-state index < -0.39 is 0 Å². The molecular formula is C24H31N3O3. The van der Waals surface area contributed by atoms with Crippen LogP contribution in [0.5, 0.6) is 11.5 Å². The standard InChI is InChI=1S/C24H31N3O3/c1-25-24(28)27-14-13-26(17-20(27)15-18-7-4-3-5-8-18)19-11-12-22(29-2)23(16-19)30-21-9-6-10-21/h3-5,7-8,11-12,16,20-21H,6,9-10,13-15,17H2,1-2H3,(H,25,28). The molecule has 2 aromatic rings. The number of carbonyl (C=O) groups excluding carboxylic acids is 1. The predicted octanol–water partition coefficient (Wildman–Crippen LogP) is 3.70. The molecule has 1 aliphatic carbocycles. The number of urea groups is 1. The van der Waals surface area contributed by atoms with Crippen molar-refractivity contribution in [2.45, 2.75) is 37.8 Å². The number of hydrogen-bond donors (Lipinski definition) is 1. The van der Waals surface area contributed by atoms with Crippen LogP contribution in [0.1, 0.15) is 24.8 Å². The molecule has 6 nitrogen and oxygen atoms in total. The molecule has 0 spiro atoms. The Labute approximate surface area is 178 Å². The van der Waals surface area contributed by atoms with Crippen LogP contribution in [0.4, 0.5) is 10.5 Å². The van der Waals surface area contributed by atoms with Gasteiger partial charge in [-0.25, -0.2) is 4.79 Å². The summed E-state index contributed by atoms with van der Waals surface area (Å²) in [6, 6.07) is 16.6. The summed E-state index contributed by atoms with van der Waals surface area (Å²) in [4.78, 5) is 16.8. The number of nitrogens with zero attached hydrogens (tertiary/aromatic N) is 2. The van der Waals surface area contributed by atoms with Crippen LogP contribution in [-0.4, -0.2) is 56.9 Å². The van der Waals surface area contributed by atoms with Crippen LogP contribution in [0.15, 0.2) is 48.5 Å². The zero-order chi connectivity index (χ0) is 20.9. The Morgan fingerprint density at radius 2 is 1.90 bits per heavy atom. The highest BCUT2D eigenvalue weighted by molar-refractivity contribution is 5.74. The van der Waals surface area contributed by atoms with Crippen molar-refractivity contribution in [2.75, 3.05) is 38.7 Å². The summed E-state index contributed by atoms with van der Waals surface area (Å²) in [6.45, 7) is 2.24. The Kier molecular flexibility index (Phi) is 6.31. The molecule has 30 heavy (non-hydrogen) atoms. The van der Waals surface area contributed by atoms with Gasteiger partial charge < -0.3 is 24.6 Å². The van der Waals surface area contributed by atoms with Crippen molar-refractivity contribution in [1.29, 1.82) is 0 Å². The number of piperazine rings is 1. The maximum atomic E-state index is 12.5. The van der Waals surface area contributed by atoms with Crippen LogP contribution in [-0.2, 0) is 6.42 Å². The topological polar surface area (TPSA) is 54.0 Å². The van der Waals surface area contributed by atoms with E-state index in [0.717, 1.165) is 49.5 Å². The van der Waals surface area contributed by atoms with E-state index in [0.29, 0.717) is 12.6 Å². The summed E-state index contributed by atoms with van der Waals surface area (Å²) in [5.41, 5.74) is 2.35. The van der Waals surface area contributed by atoms with E-state index >= 15 is 0 Å². The average Bonchev–Trinajstić information content (AvgIpc) is 2.76. The molecule has 1 N–H and O–H groups in total. The van der Waals surface area contributed by atoms with Crippen molar-refractivity contribution in [3.63, 3.8) is 0 Å². The number of anilines is 1. The highest BCUT2D eigenvalue weighted by atomic mass is 16.5. The maximum absolute atomic E-state index is 12.5. The molecule has 1 saturated heterocycles. The molecule has 1 saturated carbocycles. The number of carbonyl (C=O) groups is 1. The largest absolute Gasteiger partial charge is 0.493 e. The first-order valence-corrected chi connectivity index (χ1v) is 10.8. The number of methoxy groups -OCH3 is 1. The van der Waals surface area contributed by atoms with Crippen molar-refractivity contribution in [2.24, 2.45) is 0 Å². The molecule has 2 amide bonds. The van der Waals surface area contributed by atoms with Crippen LogP contribution >= 0.6 is 0 Å². The first-order valence-electron chi connectivity index (χ1n) is 10.8. The Balaban J connectivity index is 1.54. The second-order valence-corrected chi connectivity index (χ2v) is 8.04. The van der Waals surface area contributed by atoms with E-state index in [4.69, 9.17) is 9.47 Å². The van der Waals surface area contributed by atoms with Crippen LogP contribution in [0, 0.1) is 0 Å². The minimum atomic E-state index is -0.0145. The van der Waals surface area contributed by atoms with Crippen molar-refractivity contribution < 1.29 is 14.3 Å². The smallest absolute Gasteiger partial charge is 0.317 e. The highest BCUT2D eigenvalue weighted by Crippen LogP contribution is 2.36. The van der Waals surface area contributed by atoms with E-state index in [-0.39, 0.29) is 12.1 Å². The lowest BCUT2D eigenvalue weighted by Gasteiger charge is -2.42. The molecule has 2 aliphatic rings. The summed E-state index contributed by atoms with van der Waals surface area (Å²) >= 11 is 0. The van der Waals surface area contributed by atoms with Gasteiger partial charge in [-0.05, 0) is 43.4 Å². The molecule has 1 aliphatic heterocycles. The molecular weight excluding hydrogens is 378 g/mol. The second kappa shape index (κ2) is 9.28. The molecule has 0 bridgehead atoms. The first-order chi connectivity index (χ1) is 14.7. The van der Waals surface area contributed by atoms with Crippen molar-refractivity contribution in [3.8, 4) is 11.5 Å². The Morgan fingerprint density at radius 3 is 2.57 bits per heavy atom. The normalized spacial score (nSPS) is 19.2. The van der Waals surface area contributed by atoms with Gasteiger partial charge in [0.05, 0.1) is 19.3 Å². The summed E-state index contributed by atoms with van der Waals surface area (Å²) in [5, 5.41) is 2.80. The monoisotopic (exact) mass is 409 g/mol. The third-order valence-corrected chi connectivity index (χ3v) is 6.13. The minimum Gasteiger partial charge on any atom is -0.493 e. The first kappa shape index (κ1) is 20.4. The number of rotatable bonds is 6. The summed E-state index contributed by atoms with van der Waals surface area (Å²) in [7, 11) is 3.38. The zero-order valence-electron chi connectivity index (χ0n) is 17.8. The molecule has 0 radical (unpaired) electrons. The number of amides is 2. The average molecular weight is 410 g/mol. The van der Waals surface area contributed by atoms with Gasteiger partial charge in [-0.15, -0.1) is 0 Å². The number of nitrogens with one attached hydrogen (secondary N) is 1. The molecule has 4 rings (SSSR count). The van der Waals surface area contributed by atoms with Crippen LogP contribution in [0.25, 0.3) is 0 Å². The van der Waals surface area contributed by atoms with Gasteiger partial charge in [-0.2, -0.15) is 0 Å². The predicted molar refractivity (Wildman–Crippen MR) is 119 cm³/mol. The van der Waals surface area contributed by atoms with Gasteiger partial charge in [0.25, 0.3) is 0 Å². The van der Waals surface area contributed by atoms with E-state index in [1.807, 2.05) is 29.2 Å². The third-order valence-electron chi connectivity index (χ3n) is 6.13. The number of ether oxygens (including phenoxy) is 2. The molecule has 1 heterocycles. The van der Waals surface area contributed by atoms with Gasteiger partial charge >= 0.3 is 6.03 Å². The fraction of sp³-hybridized carbons (Fsp3) is 0.458. The summed E-state index contributed by atoms with van der Waals surface area (Å²) < 4.78 is 11.7. The Morgan fingerprint density at radius 1 is 1.10 bits per heavy atom. The fourth-order valence-corrected chi connectivity index (χ4v) is 4.18. The van der Waals surface area contributed by atoms with E-state index in [9.17, 15) is 4.79 Å². The lowest BCUT2D eigenvalue weighted by atomic mass is 9.96. The van der Waals surface area contributed by atoms with Crippen LogP contribution in [0.3, 0.4) is 0 Å². The molecule has 160 valence electrons. The number of hydrogen-bond acceptors (Lipinski definition) is 4. The number of benzene rings is 2. The van der Waals surface area contributed by atoms with Crippen molar-refractivity contribution in [3.05, 3.63) is 54.1 Å². The van der Waals surface area contributed by atoms with Gasteiger partial charge in [0.15, 0.2) is 11.5 Å². The molecule has 1 atom stereocenters. The van der Waals surface area contributed by atoms with Gasteiger partial charge in [0, 0.05) is 38.4 Å². The van der Waals surface area contributed by atoms with Crippen molar-refractivity contribution >= 4 is 11.7 Å². The van der Waals surface area contributed by atoms with Crippen molar-refractivity contribution in [1.82, 2.24) is 10.2 Å². The molecule has 0 aromatic heterocycles. The Hall–Kier alpha value is -2.89. The zero-order valence-corrected chi connectivity index (χ0v) is 17.8. The third kappa shape index (κ3) is 4.48. The fourth-order valence-electron chi connectivity index (χ4n) is 4.18. The van der Waals surface area contributed by atoms with Gasteiger partial charge in [-0.3, -0.25) is 0 Å². The summed E-state index contributed by atoms with van der Waals surface area (Å²) in [5.74, 6) is 1.59. The molecule has 2 aromatic carbocycles. The second-order valence-electron chi connectivity index (χ2n) is 8.04. The van der Waals surface area contributed by atoms with E-state index in [2.05, 4.69) is 34.5 Å². The minimum absolute atomic E-state index is 0.0145. The molecule has 1 unspecified atom stereocenters. The summed E-state index contributed by atoms with van der Waals surface area (Å²) in [6.07, 6.45) is 4.57. The van der Waals surface area contributed by atoms with Gasteiger partial charge in [0.1, 0.15) is 0 Å².